The molecule has 0 bridgehead atoms. The van der Waals surface area contributed by atoms with E-state index in [0.29, 0.717) is 16.6 Å². The number of hydrogen-bond acceptors (Lipinski definition) is 2. The van der Waals surface area contributed by atoms with Gasteiger partial charge in [-0.2, -0.15) is 0 Å². The van der Waals surface area contributed by atoms with E-state index in [2.05, 4.69) is 15.1 Å². The lowest BCUT2D eigenvalue weighted by atomic mass is 10.2. The third kappa shape index (κ3) is 3.09. The Bertz CT molecular complexity index is 571. The van der Waals surface area contributed by atoms with Crippen LogP contribution >= 0.6 is 23.2 Å². The molecule has 0 saturated carbocycles. The predicted molar refractivity (Wildman–Crippen MR) is 74.6 cm³/mol. The molecule has 1 aromatic heterocycles. The lowest BCUT2D eigenvalue weighted by Gasteiger charge is -2.22. The average molecular weight is 286 g/mol. The molecule has 6 heteroatoms. The number of nitrogens with zero attached hydrogens (tertiary/aromatic N) is 1. The van der Waals surface area contributed by atoms with Crippen LogP contribution in [0.3, 0.4) is 0 Å². The van der Waals surface area contributed by atoms with Crippen LogP contribution in [-0.4, -0.2) is 16.7 Å². The zero-order valence-electron chi connectivity index (χ0n) is 9.84. The second-order valence-corrected chi connectivity index (χ2v) is 4.80. The maximum absolute atomic E-state index is 11.1. The van der Waals surface area contributed by atoms with Gasteiger partial charge in [0.1, 0.15) is 0 Å². The van der Waals surface area contributed by atoms with Gasteiger partial charge in [0.05, 0.1) is 12.2 Å². The summed E-state index contributed by atoms with van der Waals surface area (Å²) in [5.41, 5.74) is 1.61. The summed E-state index contributed by atoms with van der Waals surface area (Å²) in [6.07, 6.45) is 0. The molecule has 2 aromatic rings. The van der Waals surface area contributed by atoms with Gasteiger partial charge in [-0.3, -0.25) is 9.89 Å². The SMILES string of the molecule is CCN(Cc1cc(=O)[nH][nH]1)c1cc(Cl)cc(Cl)c1. The normalized spacial score (nSPS) is 10.6. The van der Waals surface area contributed by atoms with Gasteiger partial charge < -0.3 is 10.00 Å². The van der Waals surface area contributed by atoms with E-state index in [1.54, 1.807) is 6.07 Å². The predicted octanol–water partition coefficient (Wildman–Crippen LogP) is 3.04. The van der Waals surface area contributed by atoms with E-state index >= 15 is 0 Å². The summed E-state index contributed by atoms with van der Waals surface area (Å²) in [5, 5.41) is 6.53. The topological polar surface area (TPSA) is 51.9 Å². The minimum Gasteiger partial charge on any atom is -0.366 e. The van der Waals surface area contributed by atoms with E-state index in [4.69, 9.17) is 23.2 Å². The zero-order valence-corrected chi connectivity index (χ0v) is 11.3. The zero-order chi connectivity index (χ0) is 13.1. The van der Waals surface area contributed by atoms with Gasteiger partial charge in [0.15, 0.2) is 0 Å². The molecule has 96 valence electrons. The molecule has 0 aliphatic rings. The van der Waals surface area contributed by atoms with E-state index in [1.165, 1.54) is 6.07 Å². The second kappa shape index (κ2) is 5.50. The quantitative estimate of drug-likeness (QED) is 0.907. The number of halogens is 2. The number of benzene rings is 1. The third-order valence-corrected chi connectivity index (χ3v) is 3.04. The van der Waals surface area contributed by atoms with Crippen LogP contribution in [0.25, 0.3) is 0 Å². The van der Waals surface area contributed by atoms with Gasteiger partial charge in [0, 0.05) is 28.3 Å². The highest BCUT2D eigenvalue weighted by Gasteiger charge is 2.08. The minimum atomic E-state index is -0.134. The number of anilines is 1. The average Bonchev–Trinajstić information content (AvgIpc) is 2.70. The fourth-order valence-corrected chi connectivity index (χ4v) is 2.29. The maximum Gasteiger partial charge on any atom is 0.264 e. The van der Waals surface area contributed by atoms with Crippen molar-refractivity contribution in [1.82, 2.24) is 10.2 Å². The fourth-order valence-electron chi connectivity index (χ4n) is 1.77. The summed E-state index contributed by atoms with van der Waals surface area (Å²) in [4.78, 5) is 13.1. The Morgan fingerprint density at radius 2 is 1.78 bits per heavy atom. The van der Waals surface area contributed by atoms with Crippen molar-refractivity contribution in [1.29, 1.82) is 0 Å². The van der Waals surface area contributed by atoms with Crippen molar-refractivity contribution < 1.29 is 0 Å². The van der Waals surface area contributed by atoms with E-state index in [9.17, 15) is 4.79 Å². The molecule has 0 radical (unpaired) electrons. The van der Waals surface area contributed by atoms with Gasteiger partial charge >= 0.3 is 0 Å². The molecule has 0 atom stereocenters. The number of aromatic amines is 2. The minimum absolute atomic E-state index is 0.134. The maximum atomic E-state index is 11.1. The van der Waals surface area contributed by atoms with Crippen LogP contribution in [0.1, 0.15) is 12.6 Å². The Labute approximate surface area is 115 Å². The van der Waals surface area contributed by atoms with Crippen molar-refractivity contribution in [2.24, 2.45) is 0 Å². The van der Waals surface area contributed by atoms with E-state index in [-0.39, 0.29) is 5.56 Å². The van der Waals surface area contributed by atoms with Crippen LogP contribution in [0.4, 0.5) is 5.69 Å². The van der Waals surface area contributed by atoms with Crippen LogP contribution in [-0.2, 0) is 6.54 Å². The van der Waals surface area contributed by atoms with E-state index in [0.717, 1.165) is 17.9 Å². The van der Waals surface area contributed by atoms with Gasteiger partial charge in [-0.25, -0.2) is 0 Å². The molecule has 0 spiro atoms. The Balaban J connectivity index is 2.25. The summed E-state index contributed by atoms with van der Waals surface area (Å²) in [6, 6.07) is 6.93. The second-order valence-electron chi connectivity index (χ2n) is 3.93. The van der Waals surface area contributed by atoms with Gasteiger partial charge in [-0.05, 0) is 25.1 Å². The Morgan fingerprint density at radius 1 is 1.11 bits per heavy atom. The number of H-pyrrole nitrogens is 2. The fraction of sp³-hybridized carbons (Fsp3) is 0.250. The highest BCUT2D eigenvalue weighted by molar-refractivity contribution is 6.35. The summed E-state index contributed by atoms with van der Waals surface area (Å²) in [5.74, 6) is 0. The molecule has 1 heterocycles. The number of hydrogen-bond donors (Lipinski definition) is 2. The lowest BCUT2D eigenvalue weighted by Crippen LogP contribution is -2.22. The first-order valence-corrected chi connectivity index (χ1v) is 6.31. The van der Waals surface area contributed by atoms with Crippen molar-refractivity contribution in [3.63, 3.8) is 0 Å². The van der Waals surface area contributed by atoms with Crippen molar-refractivity contribution in [3.8, 4) is 0 Å². The summed E-state index contributed by atoms with van der Waals surface area (Å²) >= 11 is 12.0. The van der Waals surface area contributed by atoms with Crippen molar-refractivity contribution in [2.45, 2.75) is 13.5 Å². The van der Waals surface area contributed by atoms with Gasteiger partial charge in [-0.1, -0.05) is 23.2 Å². The third-order valence-electron chi connectivity index (χ3n) is 2.61. The molecular weight excluding hydrogens is 273 g/mol. The molecule has 2 N–H and O–H groups in total. The van der Waals surface area contributed by atoms with Crippen LogP contribution in [0.15, 0.2) is 29.1 Å². The molecule has 0 aliphatic heterocycles. The molecule has 1 aromatic carbocycles. The Morgan fingerprint density at radius 3 is 2.28 bits per heavy atom. The molecule has 2 rings (SSSR count). The summed E-state index contributed by atoms with van der Waals surface area (Å²) in [7, 11) is 0. The lowest BCUT2D eigenvalue weighted by molar-refractivity contribution is 0.802. The monoisotopic (exact) mass is 285 g/mol. The summed E-state index contributed by atoms with van der Waals surface area (Å²) in [6.45, 7) is 3.40. The molecule has 4 nitrogen and oxygen atoms in total. The molecule has 0 saturated heterocycles. The molecule has 0 amide bonds. The van der Waals surface area contributed by atoms with E-state index < -0.39 is 0 Å². The molecule has 0 unspecified atom stereocenters. The van der Waals surface area contributed by atoms with E-state index in [1.807, 2.05) is 19.1 Å². The van der Waals surface area contributed by atoms with Gasteiger partial charge in [0.25, 0.3) is 5.56 Å². The smallest absolute Gasteiger partial charge is 0.264 e. The van der Waals surface area contributed by atoms with Crippen LogP contribution in [0.5, 0.6) is 0 Å². The number of aromatic nitrogens is 2. The van der Waals surface area contributed by atoms with Crippen molar-refractivity contribution in [2.75, 3.05) is 11.4 Å². The van der Waals surface area contributed by atoms with Crippen LogP contribution < -0.4 is 10.5 Å². The van der Waals surface area contributed by atoms with Gasteiger partial charge in [0.2, 0.25) is 0 Å². The number of rotatable bonds is 4. The summed E-state index contributed by atoms with van der Waals surface area (Å²) < 4.78 is 0. The Hall–Kier alpha value is -1.39. The Kier molecular flexibility index (Phi) is 3.99. The van der Waals surface area contributed by atoms with Crippen LogP contribution in [0.2, 0.25) is 10.0 Å². The highest BCUT2D eigenvalue weighted by Crippen LogP contribution is 2.26. The van der Waals surface area contributed by atoms with Crippen molar-refractivity contribution >= 4 is 28.9 Å². The number of nitrogens with one attached hydrogen (secondary N) is 2. The standard InChI is InChI=1S/C12H13Cl2N3O/c1-2-17(7-10-6-12(18)16-15-10)11-4-8(13)3-9(14)5-11/h3-6H,2,7H2,1H3,(H2,15,16,18). The molecule has 0 fully saturated rings. The highest BCUT2D eigenvalue weighted by atomic mass is 35.5. The first kappa shape index (κ1) is 13.1. The van der Waals surface area contributed by atoms with Crippen molar-refractivity contribution in [3.05, 3.63) is 50.4 Å². The van der Waals surface area contributed by atoms with Crippen LogP contribution in [0, 0.1) is 0 Å². The van der Waals surface area contributed by atoms with Gasteiger partial charge in [-0.15, -0.1) is 0 Å². The largest absolute Gasteiger partial charge is 0.366 e. The molecular formula is C12H13Cl2N3O. The molecule has 0 aliphatic carbocycles. The molecule has 18 heavy (non-hydrogen) atoms. The first-order chi connectivity index (χ1) is 8.58. The first-order valence-electron chi connectivity index (χ1n) is 5.56.